The van der Waals surface area contributed by atoms with Crippen molar-refractivity contribution in [2.75, 3.05) is 7.11 Å². The highest BCUT2D eigenvalue weighted by Gasteiger charge is 2.62. The first kappa shape index (κ1) is 21.6. The third-order valence-electron chi connectivity index (χ3n) is 10.4. The van der Waals surface area contributed by atoms with Gasteiger partial charge in [0.05, 0.1) is 19.3 Å². The maximum Gasteiger partial charge on any atom is 0.305 e. The summed E-state index contributed by atoms with van der Waals surface area (Å²) in [4.78, 5) is 11.6. The molecule has 2 N–H and O–H groups in total. The first-order chi connectivity index (χ1) is 13.7. The Bertz CT molecular complexity index is 620. The van der Waals surface area contributed by atoms with E-state index in [9.17, 15) is 15.0 Å². The molecule has 166 valence electrons. The second-order valence-electron chi connectivity index (χ2n) is 11.5. The van der Waals surface area contributed by atoms with Gasteiger partial charge in [0.25, 0.3) is 0 Å². The largest absolute Gasteiger partial charge is 0.469 e. The lowest BCUT2D eigenvalue weighted by Crippen LogP contribution is -2.58. The van der Waals surface area contributed by atoms with E-state index in [0.29, 0.717) is 41.4 Å². The van der Waals surface area contributed by atoms with Crippen molar-refractivity contribution >= 4 is 5.97 Å². The Labute approximate surface area is 176 Å². The molecule has 0 spiro atoms. The van der Waals surface area contributed by atoms with Gasteiger partial charge >= 0.3 is 5.97 Å². The van der Waals surface area contributed by atoms with Crippen molar-refractivity contribution < 1.29 is 19.7 Å². The maximum atomic E-state index is 11.6. The van der Waals surface area contributed by atoms with Crippen LogP contribution in [0.5, 0.6) is 0 Å². The molecule has 4 fully saturated rings. The number of aliphatic hydroxyl groups is 2. The van der Waals surface area contributed by atoms with Gasteiger partial charge in [0, 0.05) is 6.42 Å². The molecule has 10 atom stereocenters. The highest BCUT2D eigenvalue weighted by atomic mass is 16.5. The van der Waals surface area contributed by atoms with Crippen molar-refractivity contribution in [2.45, 2.75) is 97.2 Å². The van der Waals surface area contributed by atoms with E-state index in [1.165, 1.54) is 32.8 Å². The lowest BCUT2D eigenvalue weighted by molar-refractivity contribution is -0.172. The minimum atomic E-state index is -0.255. The van der Waals surface area contributed by atoms with Crippen LogP contribution in [-0.4, -0.2) is 35.5 Å². The molecule has 0 heterocycles. The van der Waals surface area contributed by atoms with Crippen molar-refractivity contribution in [3.8, 4) is 0 Å². The first-order valence-electron chi connectivity index (χ1n) is 12.1. The predicted molar refractivity (Wildman–Crippen MR) is 113 cm³/mol. The van der Waals surface area contributed by atoms with Crippen LogP contribution in [0.15, 0.2) is 0 Å². The molecule has 4 rings (SSSR count). The summed E-state index contributed by atoms with van der Waals surface area (Å²) in [5.74, 6) is 3.42. The Hall–Kier alpha value is -0.610. The standard InChI is InChI=1S/C25H42O4/c1-15(5-8-23(28)29-4)18-6-7-19-17-14-22(27)21-13-16(26)9-11-25(21,3)20(17)10-12-24(18,19)2/h15-22,26-27H,5-14H2,1-4H3/t15-,16-,17?,18?,19?,20?,21+,22+,24?,25?/m1/s1. The molecule has 4 saturated carbocycles. The summed E-state index contributed by atoms with van der Waals surface area (Å²) in [6.07, 6.45) is 9.77. The van der Waals surface area contributed by atoms with E-state index in [2.05, 4.69) is 20.8 Å². The minimum absolute atomic E-state index is 0.0888. The van der Waals surface area contributed by atoms with E-state index in [4.69, 9.17) is 4.74 Å². The molecule has 0 aliphatic heterocycles. The first-order valence-corrected chi connectivity index (χ1v) is 12.1. The van der Waals surface area contributed by atoms with Crippen LogP contribution in [0, 0.1) is 46.3 Å². The Balaban J connectivity index is 1.52. The quantitative estimate of drug-likeness (QED) is 0.671. The highest BCUT2D eigenvalue weighted by molar-refractivity contribution is 5.69. The molecule has 0 amide bonds. The summed E-state index contributed by atoms with van der Waals surface area (Å²) < 4.78 is 4.86. The summed E-state index contributed by atoms with van der Waals surface area (Å²) in [6, 6.07) is 0. The van der Waals surface area contributed by atoms with Crippen molar-refractivity contribution in [1.29, 1.82) is 0 Å². The Morgan fingerprint density at radius 1 is 1.00 bits per heavy atom. The molecule has 0 radical (unpaired) electrons. The van der Waals surface area contributed by atoms with Gasteiger partial charge in [-0.1, -0.05) is 20.8 Å². The second-order valence-corrected chi connectivity index (χ2v) is 11.5. The Kier molecular flexibility index (Phi) is 5.83. The molecule has 4 aliphatic carbocycles. The zero-order valence-electron chi connectivity index (χ0n) is 18.9. The van der Waals surface area contributed by atoms with Crippen LogP contribution in [0.3, 0.4) is 0 Å². The van der Waals surface area contributed by atoms with Crippen LogP contribution in [0.25, 0.3) is 0 Å². The fourth-order valence-electron chi connectivity index (χ4n) is 8.90. The number of hydrogen-bond acceptors (Lipinski definition) is 4. The SMILES string of the molecule is COC(=O)CC[C@@H](C)C1CCC2C3C[C@H](O)[C@@H]4C[C@H](O)CCC4(C)C3CCC21C. The number of hydrogen-bond donors (Lipinski definition) is 2. The van der Waals surface area contributed by atoms with Crippen LogP contribution in [0.4, 0.5) is 0 Å². The summed E-state index contributed by atoms with van der Waals surface area (Å²) >= 11 is 0. The zero-order chi connectivity index (χ0) is 21.0. The Morgan fingerprint density at radius 3 is 2.41 bits per heavy atom. The summed E-state index contributed by atoms with van der Waals surface area (Å²) in [5.41, 5.74) is 0.533. The third-order valence-corrected chi connectivity index (χ3v) is 10.4. The number of carbonyl (C=O) groups is 1. The van der Waals surface area contributed by atoms with E-state index >= 15 is 0 Å². The average molecular weight is 407 g/mol. The second kappa shape index (κ2) is 7.82. The molecule has 6 unspecified atom stereocenters. The van der Waals surface area contributed by atoms with Crippen LogP contribution in [0.1, 0.15) is 85.0 Å². The van der Waals surface area contributed by atoms with Crippen molar-refractivity contribution in [2.24, 2.45) is 46.3 Å². The van der Waals surface area contributed by atoms with Gasteiger partial charge in [0.2, 0.25) is 0 Å². The normalized spacial score (nSPS) is 50.2. The average Bonchev–Trinajstić information content (AvgIpc) is 3.05. The van der Waals surface area contributed by atoms with Gasteiger partial charge in [-0.25, -0.2) is 0 Å². The molecule has 0 saturated heterocycles. The molecule has 29 heavy (non-hydrogen) atoms. The number of methoxy groups -OCH3 is 1. The van der Waals surface area contributed by atoms with Gasteiger partial charge in [-0.05, 0) is 104 Å². The van der Waals surface area contributed by atoms with E-state index in [-0.39, 0.29) is 29.5 Å². The Morgan fingerprint density at radius 2 is 1.69 bits per heavy atom. The molecule has 0 aromatic rings. The maximum absolute atomic E-state index is 11.6. The number of esters is 1. The fourth-order valence-corrected chi connectivity index (χ4v) is 8.90. The molecule has 4 nitrogen and oxygen atoms in total. The molecule has 0 bridgehead atoms. The van der Waals surface area contributed by atoms with E-state index < -0.39 is 0 Å². The van der Waals surface area contributed by atoms with Gasteiger partial charge in [0.1, 0.15) is 0 Å². The van der Waals surface area contributed by atoms with Crippen molar-refractivity contribution in [1.82, 2.24) is 0 Å². The fraction of sp³-hybridized carbons (Fsp3) is 0.960. The van der Waals surface area contributed by atoms with Crippen LogP contribution in [-0.2, 0) is 9.53 Å². The minimum Gasteiger partial charge on any atom is -0.469 e. The number of carbonyl (C=O) groups excluding carboxylic acids is 1. The van der Waals surface area contributed by atoms with Crippen LogP contribution < -0.4 is 0 Å². The number of rotatable bonds is 4. The van der Waals surface area contributed by atoms with E-state index in [1.807, 2.05) is 0 Å². The van der Waals surface area contributed by atoms with Crippen LogP contribution in [0.2, 0.25) is 0 Å². The third kappa shape index (κ3) is 3.46. The van der Waals surface area contributed by atoms with Gasteiger partial charge < -0.3 is 14.9 Å². The summed E-state index contributed by atoms with van der Waals surface area (Å²) in [5, 5.41) is 21.3. The molecule has 4 heteroatoms. The van der Waals surface area contributed by atoms with Crippen molar-refractivity contribution in [3.05, 3.63) is 0 Å². The zero-order valence-corrected chi connectivity index (χ0v) is 18.9. The van der Waals surface area contributed by atoms with Gasteiger partial charge in [-0.15, -0.1) is 0 Å². The van der Waals surface area contributed by atoms with Gasteiger partial charge in [-0.2, -0.15) is 0 Å². The van der Waals surface area contributed by atoms with Crippen LogP contribution >= 0.6 is 0 Å². The molecule has 0 aromatic heterocycles. The lowest BCUT2D eigenvalue weighted by Gasteiger charge is -2.62. The monoisotopic (exact) mass is 406 g/mol. The lowest BCUT2D eigenvalue weighted by atomic mass is 9.44. The van der Waals surface area contributed by atoms with E-state index in [1.54, 1.807) is 0 Å². The molecule has 4 aliphatic rings. The van der Waals surface area contributed by atoms with Gasteiger partial charge in [0.15, 0.2) is 0 Å². The molecular formula is C25H42O4. The molecular weight excluding hydrogens is 364 g/mol. The predicted octanol–water partition coefficient (Wildman–Crippen LogP) is 4.57. The molecule has 0 aromatic carbocycles. The summed E-state index contributed by atoms with van der Waals surface area (Å²) in [7, 11) is 1.48. The number of aliphatic hydroxyl groups excluding tert-OH is 2. The number of fused-ring (bicyclic) bond motifs is 5. The summed E-state index contributed by atoms with van der Waals surface area (Å²) in [6.45, 7) is 7.28. The van der Waals surface area contributed by atoms with Crippen molar-refractivity contribution in [3.63, 3.8) is 0 Å². The smallest absolute Gasteiger partial charge is 0.305 e. The topological polar surface area (TPSA) is 66.8 Å². The highest BCUT2D eigenvalue weighted by Crippen LogP contribution is 2.68. The van der Waals surface area contributed by atoms with E-state index in [0.717, 1.165) is 32.1 Å². The number of ether oxygens (including phenoxy) is 1. The van der Waals surface area contributed by atoms with Gasteiger partial charge in [-0.3, -0.25) is 4.79 Å².